The van der Waals surface area contributed by atoms with E-state index in [2.05, 4.69) is 11.7 Å². The van der Waals surface area contributed by atoms with E-state index in [1.54, 1.807) is 12.1 Å². The lowest BCUT2D eigenvalue weighted by Gasteiger charge is -2.36. The van der Waals surface area contributed by atoms with Crippen LogP contribution in [0.5, 0.6) is 5.75 Å². The van der Waals surface area contributed by atoms with Gasteiger partial charge >= 0.3 is 30.1 Å². The van der Waals surface area contributed by atoms with E-state index >= 15 is 0 Å². The highest BCUT2D eigenvalue weighted by atomic mass is 19.4. The molecule has 0 spiro atoms. The Labute approximate surface area is 224 Å². The number of hydrogen-bond acceptors (Lipinski definition) is 1. The summed E-state index contributed by atoms with van der Waals surface area (Å²) in [5.41, 5.74) is 2.15. The number of halogens is 11. The lowest BCUT2D eigenvalue weighted by Crippen LogP contribution is -2.67. The maximum atomic E-state index is 13.9. The topological polar surface area (TPSA) is 9.23 Å². The molecule has 12 heteroatoms. The van der Waals surface area contributed by atoms with Gasteiger partial charge in [-0.25, -0.2) is 0 Å². The summed E-state index contributed by atoms with van der Waals surface area (Å²) in [6.45, 7) is 2.17. The summed E-state index contributed by atoms with van der Waals surface area (Å²) in [5.74, 6) is -22.2. The molecule has 0 aliphatic heterocycles. The maximum absolute atomic E-state index is 13.9. The standard InChI is InChI=1S/C28H29F11O/c1-2-3-4-5-18-6-8-19(9-7-18)20-10-12-21(13-11-20)22-14-16-23(17-15-22)40-28(38,39)26(33,34)24(29,30)25(31,32)27(35,36)37/h10-19H,2-9H2,1H3. The summed E-state index contributed by atoms with van der Waals surface area (Å²) in [7, 11) is 0. The van der Waals surface area contributed by atoms with Crippen molar-refractivity contribution in [3.63, 3.8) is 0 Å². The summed E-state index contributed by atoms with van der Waals surface area (Å²) in [4.78, 5) is 0. The molecule has 0 saturated heterocycles. The lowest BCUT2D eigenvalue weighted by atomic mass is 9.77. The third-order valence-electron chi connectivity index (χ3n) is 7.39. The molecule has 0 N–H and O–H groups in total. The van der Waals surface area contributed by atoms with Crippen molar-refractivity contribution in [2.75, 3.05) is 0 Å². The normalized spacial score (nSPS) is 19.5. The second-order valence-electron chi connectivity index (χ2n) is 10.2. The predicted octanol–water partition coefficient (Wildman–Crippen LogP) is 10.6. The smallest absolute Gasteiger partial charge is 0.428 e. The van der Waals surface area contributed by atoms with Gasteiger partial charge in [0.1, 0.15) is 5.75 Å². The molecule has 1 aliphatic rings. The first-order chi connectivity index (χ1) is 18.4. The molecule has 1 fully saturated rings. The molecule has 40 heavy (non-hydrogen) atoms. The zero-order valence-corrected chi connectivity index (χ0v) is 21.5. The Morgan fingerprint density at radius 1 is 0.625 bits per heavy atom. The molecule has 0 radical (unpaired) electrons. The quantitative estimate of drug-likeness (QED) is 0.187. The lowest BCUT2D eigenvalue weighted by molar-refractivity contribution is -0.445. The fraction of sp³-hybridized carbons (Fsp3) is 0.571. The van der Waals surface area contributed by atoms with E-state index < -0.39 is 35.8 Å². The largest absolute Gasteiger partial charge is 0.471 e. The van der Waals surface area contributed by atoms with Crippen molar-refractivity contribution in [1.29, 1.82) is 0 Å². The molecule has 0 amide bonds. The van der Waals surface area contributed by atoms with Gasteiger partial charge in [0.15, 0.2) is 0 Å². The van der Waals surface area contributed by atoms with Crippen molar-refractivity contribution in [3.8, 4) is 16.9 Å². The molecule has 2 aromatic rings. The van der Waals surface area contributed by atoms with Gasteiger partial charge in [-0.15, -0.1) is 0 Å². The van der Waals surface area contributed by atoms with Gasteiger partial charge < -0.3 is 4.74 Å². The SMILES string of the molecule is CCCCCC1CCC(c2ccc(-c3ccc(OC(F)(F)C(F)(F)C(F)(F)C(F)(F)C(F)(F)F)cc3)cc2)CC1. The number of hydrogen-bond donors (Lipinski definition) is 0. The van der Waals surface area contributed by atoms with Crippen LogP contribution in [0, 0.1) is 5.92 Å². The molecule has 0 aromatic heterocycles. The highest BCUT2D eigenvalue weighted by Gasteiger charge is 2.88. The fourth-order valence-corrected chi connectivity index (χ4v) is 4.90. The van der Waals surface area contributed by atoms with Gasteiger partial charge in [0.05, 0.1) is 0 Å². The molecule has 2 aromatic carbocycles. The van der Waals surface area contributed by atoms with E-state index in [1.165, 1.54) is 25.7 Å². The molecule has 3 rings (SSSR count). The fourth-order valence-electron chi connectivity index (χ4n) is 4.90. The number of ether oxygens (including phenoxy) is 1. The minimum atomic E-state index is -7.52. The first-order valence-electron chi connectivity index (χ1n) is 12.9. The van der Waals surface area contributed by atoms with Gasteiger partial charge in [-0.05, 0) is 66.3 Å². The molecular formula is C28H29F11O. The Morgan fingerprint density at radius 3 is 1.60 bits per heavy atom. The van der Waals surface area contributed by atoms with Gasteiger partial charge in [0.25, 0.3) is 0 Å². The highest BCUT2D eigenvalue weighted by Crippen LogP contribution is 2.57. The number of unbranched alkanes of at least 4 members (excludes halogenated alkanes) is 2. The molecule has 0 atom stereocenters. The molecule has 0 unspecified atom stereocenters. The summed E-state index contributed by atoms with van der Waals surface area (Å²) < 4.78 is 148. The van der Waals surface area contributed by atoms with Crippen LogP contribution in [0.4, 0.5) is 48.3 Å². The summed E-state index contributed by atoms with van der Waals surface area (Å²) in [6.07, 6.45) is -4.29. The first-order valence-corrected chi connectivity index (χ1v) is 12.9. The van der Waals surface area contributed by atoms with E-state index in [0.717, 1.165) is 49.3 Å². The minimum absolute atomic E-state index is 0.402. The van der Waals surface area contributed by atoms with Crippen LogP contribution in [0.2, 0.25) is 0 Å². The Hall–Kier alpha value is -2.53. The average molecular weight is 591 g/mol. The van der Waals surface area contributed by atoms with Crippen LogP contribution >= 0.6 is 0 Å². The van der Waals surface area contributed by atoms with Crippen molar-refractivity contribution in [3.05, 3.63) is 54.1 Å². The second kappa shape index (κ2) is 11.8. The van der Waals surface area contributed by atoms with Gasteiger partial charge in [0, 0.05) is 0 Å². The van der Waals surface area contributed by atoms with Crippen LogP contribution in [0.1, 0.15) is 69.8 Å². The zero-order valence-electron chi connectivity index (χ0n) is 21.5. The molecule has 0 bridgehead atoms. The molecule has 1 aliphatic carbocycles. The third kappa shape index (κ3) is 6.35. The highest BCUT2D eigenvalue weighted by molar-refractivity contribution is 5.64. The Bertz CT molecular complexity index is 1080. The van der Waals surface area contributed by atoms with Gasteiger partial charge in [0.2, 0.25) is 0 Å². The van der Waals surface area contributed by atoms with Crippen LogP contribution in [-0.2, 0) is 0 Å². The van der Waals surface area contributed by atoms with Crippen LogP contribution in [0.3, 0.4) is 0 Å². The molecule has 1 nitrogen and oxygen atoms in total. The molecule has 0 heterocycles. The van der Waals surface area contributed by atoms with Gasteiger partial charge in [-0.1, -0.05) is 69.0 Å². The van der Waals surface area contributed by atoms with Crippen LogP contribution in [0.15, 0.2) is 48.5 Å². The van der Waals surface area contributed by atoms with Crippen LogP contribution < -0.4 is 4.74 Å². The second-order valence-corrected chi connectivity index (χ2v) is 10.2. The van der Waals surface area contributed by atoms with E-state index in [9.17, 15) is 48.3 Å². The van der Waals surface area contributed by atoms with Crippen molar-refractivity contribution >= 4 is 0 Å². The molecule has 224 valence electrons. The summed E-state index contributed by atoms with van der Waals surface area (Å²) in [5, 5.41) is 0. The average Bonchev–Trinajstić information content (AvgIpc) is 2.89. The van der Waals surface area contributed by atoms with E-state index in [1.807, 2.05) is 12.1 Å². The van der Waals surface area contributed by atoms with E-state index in [4.69, 9.17) is 0 Å². The Balaban J connectivity index is 1.66. The van der Waals surface area contributed by atoms with Gasteiger partial charge in [-0.2, -0.15) is 48.3 Å². The monoisotopic (exact) mass is 590 g/mol. The van der Waals surface area contributed by atoms with Crippen molar-refractivity contribution in [1.82, 2.24) is 0 Å². The Kier molecular flexibility index (Phi) is 9.40. The van der Waals surface area contributed by atoms with Crippen molar-refractivity contribution in [2.24, 2.45) is 5.92 Å². The van der Waals surface area contributed by atoms with E-state index in [0.29, 0.717) is 29.2 Å². The number of benzene rings is 2. The van der Waals surface area contributed by atoms with Crippen LogP contribution in [-0.4, -0.2) is 30.1 Å². The van der Waals surface area contributed by atoms with Crippen LogP contribution in [0.25, 0.3) is 11.1 Å². The molecule has 1 saturated carbocycles. The van der Waals surface area contributed by atoms with Crippen molar-refractivity contribution < 1.29 is 53.0 Å². The number of rotatable bonds is 11. The number of alkyl halides is 11. The summed E-state index contributed by atoms with van der Waals surface area (Å²) >= 11 is 0. The van der Waals surface area contributed by atoms with E-state index in [-0.39, 0.29) is 0 Å². The maximum Gasteiger partial charge on any atom is 0.471 e. The van der Waals surface area contributed by atoms with Gasteiger partial charge in [-0.3, -0.25) is 0 Å². The van der Waals surface area contributed by atoms with Crippen molar-refractivity contribution in [2.45, 2.75) is 94.3 Å². The minimum Gasteiger partial charge on any atom is -0.428 e. The predicted molar refractivity (Wildman–Crippen MR) is 127 cm³/mol. The molecular weight excluding hydrogens is 561 g/mol. The third-order valence-corrected chi connectivity index (χ3v) is 7.39. The first kappa shape index (κ1) is 32.0. The zero-order chi connectivity index (χ0) is 30.0. The summed E-state index contributed by atoms with van der Waals surface area (Å²) in [6, 6.07) is 11.0. The Morgan fingerprint density at radius 2 is 1.12 bits per heavy atom.